The van der Waals surface area contributed by atoms with Crippen molar-refractivity contribution >= 4 is 55.8 Å². The number of hydrogen-bond donors (Lipinski definition) is 0. The molecule has 6 nitrogen and oxygen atoms in total. The number of rotatable bonds is 7. The van der Waals surface area contributed by atoms with Gasteiger partial charge in [-0.05, 0) is 41.5 Å². The number of morpholine rings is 1. The van der Waals surface area contributed by atoms with Crippen LogP contribution in [0.3, 0.4) is 0 Å². The average Bonchev–Trinajstić information content (AvgIpc) is 3.31. The van der Waals surface area contributed by atoms with Crippen molar-refractivity contribution in [1.82, 2.24) is 9.88 Å². The van der Waals surface area contributed by atoms with Crippen molar-refractivity contribution in [3.05, 3.63) is 66.0 Å². The third kappa shape index (κ3) is 5.41. The van der Waals surface area contributed by atoms with Crippen LogP contribution in [-0.2, 0) is 4.74 Å². The largest absolute Gasteiger partial charge is 0.496 e. The number of carbonyl (C=O) groups is 1. The van der Waals surface area contributed by atoms with Crippen molar-refractivity contribution < 1.29 is 18.7 Å². The Morgan fingerprint density at radius 3 is 2.60 bits per heavy atom. The molecule has 1 fully saturated rings. The molecule has 2 heterocycles. The predicted octanol–water partition coefficient (Wildman–Crippen LogP) is 5.39. The van der Waals surface area contributed by atoms with Gasteiger partial charge in [0.25, 0.3) is 5.91 Å². The molecule has 0 unspecified atom stereocenters. The van der Waals surface area contributed by atoms with Crippen LogP contribution >= 0.6 is 23.7 Å². The van der Waals surface area contributed by atoms with Gasteiger partial charge in [0.2, 0.25) is 0 Å². The maximum absolute atomic E-state index is 14.4. The molecule has 35 heavy (non-hydrogen) atoms. The number of methoxy groups -OCH3 is 1. The maximum atomic E-state index is 14.4. The monoisotopic (exact) mass is 515 g/mol. The number of halogens is 2. The van der Waals surface area contributed by atoms with Crippen molar-refractivity contribution in [2.75, 3.05) is 51.4 Å². The number of thiazole rings is 1. The molecular formula is C26H27ClFN3O3S. The molecule has 0 radical (unpaired) electrons. The Kier molecular flexibility index (Phi) is 8.18. The van der Waals surface area contributed by atoms with Crippen LogP contribution in [0.25, 0.3) is 21.0 Å². The van der Waals surface area contributed by atoms with Crippen LogP contribution in [0.4, 0.5) is 9.52 Å². The fourth-order valence-corrected chi connectivity index (χ4v) is 5.29. The lowest BCUT2D eigenvalue weighted by molar-refractivity contribution is 0.0376. The summed E-state index contributed by atoms with van der Waals surface area (Å²) in [6, 6.07) is 16.5. The predicted molar refractivity (Wildman–Crippen MR) is 141 cm³/mol. The summed E-state index contributed by atoms with van der Waals surface area (Å²) in [6.07, 6.45) is 0.764. The maximum Gasteiger partial charge on any atom is 0.263 e. The topological polar surface area (TPSA) is 54.9 Å². The van der Waals surface area contributed by atoms with E-state index in [1.807, 2.05) is 42.5 Å². The normalized spacial score (nSPS) is 14.1. The van der Waals surface area contributed by atoms with E-state index in [0.717, 1.165) is 50.0 Å². The van der Waals surface area contributed by atoms with Gasteiger partial charge in [-0.15, -0.1) is 12.4 Å². The molecule has 1 amide bonds. The molecule has 184 valence electrons. The molecule has 9 heteroatoms. The number of anilines is 1. The number of fused-ring (bicyclic) bond motifs is 2. The molecular weight excluding hydrogens is 489 g/mol. The summed E-state index contributed by atoms with van der Waals surface area (Å²) in [4.78, 5) is 22.4. The first-order valence-electron chi connectivity index (χ1n) is 11.4. The van der Waals surface area contributed by atoms with Gasteiger partial charge in [-0.2, -0.15) is 0 Å². The molecule has 1 aliphatic rings. The minimum atomic E-state index is -0.385. The van der Waals surface area contributed by atoms with Crippen LogP contribution in [0.2, 0.25) is 0 Å². The summed E-state index contributed by atoms with van der Waals surface area (Å²) in [5.41, 5.74) is 0.756. The van der Waals surface area contributed by atoms with E-state index in [-0.39, 0.29) is 24.1 Å². The summed E-state index contributed by atoms with van der Waals surface area (Å²) in [5.74, 6) is -0.0813. The molecule has 1 aliphatic heterocycles. The van der Waals surface area contributed by atoms with Gasteiger partial charge in [0.1, 0.15) is 17.1 Å². The molecule has 0 bridgehead atoms. The molecule has 1 aromatic heterocycles. The molecule has 3 aromatic carbocycles. The standard InChI is InChI=1S/C26H26FN3O3S.ClH/c1-32-22-17-19-7-3-2-6-18(19)16-20(22)25(31)30(11-5-10-29-12-14-33-15-13-29)26-28-24-21(27)8-4-9-23(24)34-26;/h2-4,6-9,16-17H,5,10-15H2,1H3;1H. The highest BCUT2D eigenvalue weighted by atomic mass is 35.5. The lowest BCUT2D eigenvalue weighted by Gasteiger charge is -2.28. The van der Waals surface area contributed by atoms with E-state index in [1.54, 1.807) is 18.1 Å². The number of hydrogen-bond acceptors (Lipinski definition) is 6. The molecule has 5 rings (SSSR count). The van der Waals surface area contributed by atoms with Crippen molar-refractivity contribution in [3.8, 4) is 5.75 Å². The van der Waals surface area contributed by atoms with Gasteiger partial charge >= 0.3 is 0 Å². The SMILES string of the molecule is COc1cc2ccccc2cc1C(=O)N(CCCN1CCOCC1)c1nc2c(F)cccc2s1.Cl. The molecule has 0 saturated carbocycles. The van der Waals surface area contributed by atoms with E-state index in [2.05, 4.69) is 9.88 Å². The first-order chi connectivity index (χ1) is 16.6. The minimum absolute atomic E-state index is 0. The molecule has 1 saturated heterocycles. The number of carbonyl (C=O) groups excluding carboxylic acids is 1. The van der Waals surface area contributed by atoms with Crippen molar-refractivity contribution in [2.45, 2.75) is 6.42 Å². The van der Waals surface area contributed by atoms with Crippen LogP contribution in [0.15, 0.2) is 54.6 Å². The van der Waals surface area contributed by atoms with E-state index in [4.69, 9.17) is 9.47 Å². The summed E-state index contributed by atoms with van der Waals surface area (Å²) in [6.45, 7) is 4.55. The molecule has 0 N–H and O–H groups in total. The number of ether oxygens (including phenoxy) is 2. The quantitative estimate of drug-likeness (QED) is 0.330. The zero-order valence-electron chi connectivity index (χ0n) is 19.4. The van der Waals surface area contributed by atoms with Crippen molar-refractivity contribution in [2.24, 2.45) is 0 Å². The summed E-state index contributed by atoms with van der Waals surface area (Å²) >= 11 is 1.33. The highest BCUT2D eigenvalue weighted by Crippen LogP contribution is 2.33. The average molecular weight is 516 g/mol. The van der Waals surface area contributed by atoms with Crippen LogP contribution < -0.4 is 9.64 Å². The zero-order chi connectivity index (χ0) is 23.5. The first kappa shape index (κ1) is 25.3. The Morgan fingerprint density at radius 2 is 1.89 bits per heavy atom. The number of amides is 1. The number of benzene rings is 3. The highest BCUT2D eigenvalue weighted by molar-refractivity contribution is 7.22. The Labute approximate surface area is 213 Å². The third-order valence-electron chi connectivity index (χ3n) is 6.09. The van der Waals surface area contributed by atoms with Gasteiger partial charge in [0.15, 0.2) is 5.13 Å². The summed E-state index contributed by atoms with van der Waals surface area (Å²) < 4.78 is 26.1. The van der Waals surface area contributed by atoms with Gasteiger partial charge in [-0.25, -0.2) is 9.37 Å². The molecule has 0 atom stereocenters. The Balaban J connectivity index is 0.00000289. The summed E-state index contributed by atoms with van der Waals surface area (Å²) in [7, 11) is 1.57. The third-order valence-corrected chi connectivity index (χ3v) is 7.14. The van der Waals surface area contributed by atoms with Crippen LogP contribution in [0.5, 0.6) is 5.75 Å². The van der Waals surface area contributed by atoms with E-state index < -0.39 is 0 Å². The van der Waals surface area contributed by atoms with Crippen LogP contribution in [0.1, 0.15) is 16.8 Å². The van der Waals surface area contributed by atoms with Gasteiger partial charge in [0, 0.05) is 26.2 Å². The van der Waals surface area contributed by atoms with Gasteiger partial charge in [-0.3, -0.25) is 14.6 Å². The fourth-order valence-electron chi connectivity index (χ4n) is 4.28. The second kappa shape index (κ2) is 11.3. The Morgan fingerprint density at radius 1 is 1.14 bits per heavy atom. The van der Waals surface area contributed by atoms with E-state index >= 15 is 0 Å². The number of nitrogens with zero attached hydrogens (tertiary/aromatic N) is 3. The van der Waals surface area contributed by atoms with Crippen LogP contribution in [0, 0.1) is 5.82 Å². The fraction of sp³-hybridized carbons (Fsp3) is 0.308. The van der Waals surface area contributed by atoms with Crippen LogP contribution in [-0.4, -0.2) is 62.3 Å². The number of aromatic nitrogens is 1. The lowest BCUT2D eigenvalue weighted by Crippen LogP contribution is -2.39. The van der Waals surface area contributed by atoms with E-state index in [0.29, 0.717) is 33.2 Å². The Hall–Kier alpha value is -2.78. The van der Waals surface area contributed by atoms with Gasteiger partial charge in [0.05, 0.1) is 30.6 Å². The zero-order valence-corrected chi connectivity index (χ0v) is 21.0. The Bertz CT molecular complexity index is 1330. The summed E-state index contributed by atoms with van der Waals surface area (Å²) in [5, 5.41) is 2.44. The van der Waals surface area contributed by atoms with E-state index in [1.165, 1.54) is 17.4 Å². The highest BCUT2D eigenvalue weighted by Gasteiger charge is 2.25. The number of para-hydroxylation sites is 1. The molecule has 0 aliphatic carbocycles. The lowest BCUT2D eigenvalue weighted by atomic mass is 10.0. The minimum Gasteiger partial charge on any atom is -0.496 e. The van der Waals surface area contributed by atoms with E-state index in [9.17, 15) is 9.18 Å². The smallest absolute Gasteiger partial charge is 0.263 e. The second-order valence-electron chi connectivity index (χ2n) is 8.25. The van der Waals surface area contributed by atoms with Crippen molar-refractivity contribution in [3.63, 3.8) is 0 Å². The van der Waals surface area contributed by atoms with Crippen molar-refractivity contribution in [1.29, 1.82) is 0 Å². The molecule has 4 aromatic rings. The van der Waals surface area contributed by atoms with Gasteiger partial charge < -0.3 is 9.47 Å². The molecule has 0 spiro atoms. The first-order valence-corrected chi connectivity index (χ1v) is 12.2. The van der Waals surface area contributed by atoms with Gasteiger partial charge in [-0.1, -0.05) is 41.7 Å². The second-order valence-corrected chi connectivity index (χ2v) is 9.26.